The van der Waals surface area contributed by atoms with Crippen molar-refractivity contribution >= 4 is 5.91 Å². The zero-order chi connectivity index (χ0) is 18.2. The first-order valence-electron chi connectivity index (χ1n) is 8.60. The lowest BCUT2D eigenvalue weighted by Gasteiger charge is -2.14. The molecule has 0 aliphatic heterocycles. The summed E-state index contributed by atoms with van der Waals surface area (Å²) in [7, 11) is 1.64. The summed E-state index contributed by atoms with van der Waals surface area (Å²) in [5, 5.41) is 2.80. The van der Waals surface area contributed by atoms with Crippen molar-refractivity contribution in [1.29, 1.82) is 0 Å². The first kappa shape index (κ1) is 19.1. The molecule has 136 valence electrons. The molecule has 1 heterocycles. The van der Waals surface area contributed by atoms with E-state index in [0.717, 1.165) is 23.3 Å². The zero-order valence-electron chi connectivity index (χ0n) is 15.4. The molecule has 1 amide bonds. The first-order valence-corrected chi connectivity index (χ1v) is 8.60. The Hall–Kier alpha value is -2.27. The van der Waals surface area contributed by atoms with E-state index in [9.17, 15) is 4.79 Å². The molecule has 2 rings (SSSR count). The van der Waals surface area contributed by atoms with E-state index in [1.54, 1.807) is 19.2 Å². The Labute approximate surface area is 149 Å². The monoisotopic (exact) mass is 345 g/mol. The number of carbonyl (C=O) groups excluding carboxylic acids is 1. The minimum absolute atomic E-state index is 0.222. The molecule has 1 N–H and O–H groups in total. The van der Waals surface area contributed by atoms with Crippen LogP contribution in [-0.2, 0) is 11.3 Å². The molecule has 0 aliphatic rings. The Kier molecular flexibility index (Phi) is 7.07. The van der Waals surface area contributed by atoms with E-state index >= 15 is 0 Å². The second-order valence-electron chi connectivity index (χ2n) is 6.35. The van der Waals surface area contributed by atoms with Crippen molar-refractivity contribution in [2.75, 3.05) is 20.3 Å². The fourth-order valence-electron chi connectivity index (χ4n) is 2.48. The van der Waals surface area contributed by atoms with Crippen LogP contribution < -0.4 is 10.1 Å². The highest BCUT2D eigenvalue weighted by Crippen LogP contribution is 2.28. The second kappa shape index (κ2) is 9.28. The Balaban J connectivity index is 1.93. The maximum atomic E-state index is 12.0. The molecular formula is C20H27NO4. The Morgan fingerprint density at radius 1 is 1.24 bits per heavy atom. The van der Waals surface area contributed by atoms with Gasteiger partial charge in [-0.2, -0.15) is 0 Å². The molecule has 0 atom stereocenters. The third-order valence-electron chi connectivity index (χ3n) is 3.86. The van der Waals surface area contributed by atoms with Gasteiger partial charge in [0.15, 0.2) is 5.76 Å². The molecule has 0 unspecified atom stereocenters. The summed E-state index contributed by atoms with van der Waals surface area (Å²) in [4.78, 5) is 12.0. The number of nitrogens with one attached hydrogen (secondary N) is 1. The number of aryl methyl sites for hydroxylation is 1. The van der Waals surface area contributed by atoms with E-state index < -0.39 is 0 Å². The molecule has 1 aromatic carbocycles. The first-order chi connectivity index (χ1) is 12.0. The molecule has 2 aromatic rings. The molecule has 0 saturated carbocycles. The van der Waals surface area contributed by atoms with Crippen LogP contribution >= 0.6 is 0 Å². The standard InChI is InChI=1S/C20H27NO4/c1-14(2)17-8-6-15(3)12-19(17)24-13-16-7-9-18(25-16)20(22)21-10-5-11-23-4/h6-9,12,14H,5,10-11,13H2,1-4H3,(H,21,22). The van der Waals surface area contributed by atoms with Gasteiger partial charge in [0.25, 0.3) is 5.91 Å². The lowest BCUT2D eigenvalue weighted by molar-refractivity contribution is 0.0917. The van der Waals surface area contributed by atoms with Crippen LogP contribution in [0.5, 0.6) is 5.75 Å². The molecule has 0 fully saturated rings. The highest BCUT2D eigenvalue weighted by molar-refractivity contribution is 5.91. The molecule has 0 saturated heterocycles. The summed E-state index contributed by atoms with van der Waals surface area (Å²) in [5.41, 5.74) is 2.31. The van der Waals surface area contributed by atoms with Crippen molar-refractivity contribution < 1.29 is 18.7 Å². The summed E-state index contributed by atoms with van der Waals surface area (Å²) in [5.74, 6) is 1.93. The molecule has 25 heavy (non-hydrogen) atoms. The van der Waals surface area contributed by atoms with Crippen LogP contribution in [0.15, 0.2) is 34.7 Å². The van der Waals surface area contributed by atoms with Gasteiger partial charge in [0, 0.05) is 20.3 Å². The van der Waals surface area contributed by atoms with Crippen molar-refractivity contribution in [1.82, 2.24) is 5.32 Å². The number of methoxy groups -OCH3 is 1. The van der Waals surface area contributed by atoms with Crippen LogP contribution in [0.2, 0.25) is 0 Å². The third-order valence-corrected chi connectivity index (χ3v) is 3.86. The van der Waals surface area contributed by atoms with Crippen molar-refractivity contribution in [2.24, 2.45) is 0 Å². The summed E-state index contributed by atoms with van der Waals surface area (Å²) in [6, 6.07) is 9.65. The Bertz CT molecular complexity index is 691. The number of benzene rings is 1. The lowest BCUT2D eigenvalue weighted by Crippen LogP contribution is -2.24. The highest BCUT2D eigenvalue weighted by Gasteiger charge is 2.13. The second-order valence-corrected chi connectivity index (χ2v) is 6.35. The average Bonchev–Trinajstić information content (AvgIpc) is 3.05. The number of furan rings is 1. The van der Waals surface area contributed by atoms with Crippen LogP contribution in [0.25, 0.3) is 0 Å². The van der Waals surface area contributed by atoms with E-state index in [1.165, 1.54) is 0 Å². The Morgan fingerprint density at radius 3 is 2.76 bits per heavy atom. The summed E-state index contributed by atoms with van der Waals surface area (Å²) >= 11 is 0. The summed E-state index contributed by atoms with van der Waals surface area (Å²) < 4.78 is 16.5. The van der Waals surface area contributed by atoms with E-state index in [1.807, 2.05) is 13.0 Å². The van der Waals surface area contributed by atoms with E-state index in [2.05, 4.69) is 31.3 Å². The van der Waals surface area contributed by atoms with Gasteiger partial charge in [-0.3, -0.25) is 4.79 Å². The minimum Gasteiger partial charge on any atom is -0.485 e. The SMILES string of the molecule is COCCCNC(=O)c1ccc(COc2cc(C)ccc2C(C)C)o1. The van der Waals surface area contributed by atoms with Gasteiger partial charge in [0.1, 0.15) is 18.1 Å². The smallest absolute Gasteiger partial charge is 0.286 e. The van der Waals surface area contributed by atoms with E-state index in [4.69, 9.17) is 13.9 Å². The fraction of sp³-hybridized carbons (Fsp3) is 0.450. The van der Waals surface area contributed by atoms with Gasteiger partial charge >= 0.3 is 0 Å². The highest BCUT2D eigenvalue weighted by atomic mass is 16.5. The summed E-state index contributed by atoms with van der Waals surface area (Å²) in [6.45, 7) is 7.77. The molecule has 1 aromatic heterocycles. The molecule has 5 heteroatoms. The topological polar surface area (TPSA) is 60.7 Å². The fourth-order valence-corrected chi connectivity index (χ4v) is 2.48. The molecule has 0 spiro atoms. The van der Waals surface area contributed by atoms with Crippen LogP contribution in [0.3, 0.4) is 0 Å². The quantitative estimate of drug-likeness (QED) is 0.696. The molecule has 0 radical (unpaired) electrons. The maximum absolute atomic E-state index is 12.0. The third kappa shape index (κ3) is 5.64. The lowest BCUT2D eigenvalue weighted by atomic mass is 10.0. The minimum atomic E-state index is -0.222. The van der Waals surface area contributed by atoms with Crippen LogP contribution in [0.1, 0.15) is 53.6 Å². The van der Waals surface area contributed by atoms with Crippen molar-refractivity contribution in [2.45, 2.75) is 39.7 Å². The van der Waals surface area contributed by atoms with Gasteiger partial charge in [-0.1, -0.05) is 26.0 Å². The van der Waals surface area contributed by atoms with E-state index in [-0.39, 0.29) is 5.91 Å². The Morgan fingerprint density at radius 2 is 2.04 bits per heavy atom. The summed E-state index contributed by atoms with van der Waals surface area (Å²) in [6.07, 6.45) is 0.768. The van der Waals surface area contributed by atoms with Gasteiger partial charge < -0.3 is 19.2 Å². The number of hydrogen-bond acceptors (Lipinski definition) is 4. The molecule has 0 aliphatic carbocycles. The van der Waals surface area contributed by atoms with Crippen LogP contribution in [0, 0.1) is 6.92 Å². The van der Waals surface area contributed by atoms with Gasteiger partial charge in [-0.25, -0.2) is 0 Å². The van der Waals surface area contributed by atoms with E-state index in [0.29, 0.717) is 37.2 Å². The normalized spacial score (nSPS) is 10.9. The molecule has 0 bridgehead atoms. The number of carbonyl (C=O) groups is 1. The average molecular weight is 345 g/mol. The van der Waals surface area contributed by atoms with Gasteiger partial charge in [0.2, 0.25) is 0 Å². The van der Waals surface area contributed by atoms with Crippen molar-refractivity contribution in [3.05, 3.63) is 53.0 Å². The van der Waals surface area contributed by atoms with Crippen LogP contribution in [-0.4, -0.2) is 26.2 Å². The number of hydrogen-bond donors (Lipinski definition) is 1. The zero-order valence-corrected chi connectivity index (χ0v) is 15.4. The van der Waals surface area contributed by atoms with Gasteiger partial charge in [-0.15, -0.1) is 0 Å². The van der Waals surface area contributed by atoms with Gasteiger partial charge in [-0.05, 0) is 48.6 Å². The van der Waals surface area contributed by atoms with Crippen molar-refractivity contribution in [3.63, 3.8) is 0 Å². The number of amides is 1. The van der Waals surface area contributed by atoms with Crippen LogP contribution in [0.4, 0.5) is 0 Å². The predicted molar refractivity (Wildman–Crippen MR) is 97.1 cm³/mol. The number of rotatable bonds is 9. The molecular weight excluding hydrogens is 318 g/mol. The number of ether oxygens (including phenoxy) is 2. The maximum Gasteiger partial charge on any atom is 0.286 e. The predicted octanol–water partition coefficient (Wildman–Crippen LogP) is 4.06. The molecule has 5 nitrogen and oxygen atoms in total. The largest absolute Gasteiger partial charge is 0.485 e. The van der Waals surface area contributed by atoms with Gasteiger partial charge in [0.05, 0.1) is 0 Å². The van der Waals surface area contributed by atoms with Crippen molar-refractivity contribution in [3.8, 4) is 5.75 Å².